The number of nitrogens with zero attached hydrogens (tertiary/aromatic N) is 2. The summed E-state index contributed by atoms with van der Waals surface area (Å²) >= 11 is 0. The van der Waals surface area contributed by atoms with E-state index in [1.807, 2.05) is 0 Å². The van der Waals surface area contributed by atoms with Gasteiger partial charge in [0.2, 0.25) is 5.91 Å². The number of anilines is 1. The van der Waals surface area contributed by atoms with Gasteiger partial charge in [-0.3, -0.25) is 9.59 Å². The Balaban J connectivity index is 2.47. The molecule has 2 rings (SSSR count). The van der Waals surface area contributed by atoms with Crippen LogP contribution in [-0.4, -0.2) is 18.2 Å². The summed E-state index contributed by atoms with van der Waals surface area (Å²) in [5, 5.41) is 8.50. The number of halogens is 2. The van der Waals surface area contributed by atoms with Crippen LogP contribution < -0.4 is 4.90 Å². The first kappa shape index (κ1) is 11.2. The third-order valence-electron chi connectivity index (χ3n) is 2.43. The number of Topliss-reactive ketones (excluding diaryl/α,β-unsaturated/α-hetero) is 1. The van der Waals surface area contributed by atoms with Crippen LogP contribution in [0.4, 0.5) is 14.5 Å². The van der Waals surface area contributed by atoms with Crippen molar-refractivity contribution in [1.82, 2.24) is 0 Å². The van der Waals surface area contributed by atoms with Gasteiger partial charge in [-0.05, 0) is 6.07 Å². The van der Waals surface area contributed by atoms with E-state index in [2.05, 4.69) is 0 Å². The number of amides is 1. The largest absolute Gasteiger partial charge is 0.302 e. The predicted molar refractivity (Wildman–Crippen MR) is 53.1 cm³/mol. The van der Waals surface area contributed by atoms with Crippen molar-refractivity contribution in [3.63, 3.8) is 0 Å². The summed E-state index contributed by atoms with van der Waals surface area (Å²) in [5.41, 5.74) is -0.749. The van der Waals surface area contributed by atoms with Crippen LogP contribution in [0.1, 0.15) is 12.0 Å². The topological polar surface area (TPSA) is 61.2 Å². The Hall–Kier alpha value is -2.29. The highest BCUT2D eigenvalue weighted by Gasteiger charge is 2.31. The van der Waals surface area contributed by atoms with Gasteiger partial charge in [0, 0.05) is 6.07 Å². The van der Waals surface area contributed by atoms with Gasteiger partial charge in [0.05, 0.1) is 24.2 Å². The van der Waals surface area contributed by atoms with Gasteiger partial charge in [0.15, 0.2) is 5.78 Å². The van der Waals surface area contributed by atoms with Gasteiger partial charge < -0.3 is 4.90 Å². The molecule has 1 amide bonds. The van der Waals surface area contributed by atoms with E-state index in [4.69, 9.17) is 5.26 Å². The molecule has 0 aromatic heterocycles. The van der Waals surface area contributed by atoms with Crippen molar-refractivity contribution < 1.29 is 18.4 Å². The first-order chi connectivity index (χ1) is 8.02. The molecule has 1 fully saturated rings. The van der Waals surface area contributed by atoms with E-state index in [-0.39, 0.29) is 24.4 Å². The number of nitriles is 1. The van der Waals surface area contributed by atoms with Crippen LogP contribution in [-0.2, 0) is 9.59 Å². The second-order valence-corrected chi connectivity index (χ2v) is 3.59. The summed E-state index contributed by atoms with van der Waals surface area (Å²) in [7, 11) is 0. The Bertz CT molecular complexity index is 563. The molecule has 1 aromatic carbocycles. The number of ketones is 1. The summed E-state index contributed by atoms with van der Waals surface area (Å²) < 4.78 is 26.8. The monoisotopic (exact) mass is 236 g/mol. The van der Waals surface area contributed by atoms with Crippen molar-refractivity contribution in [2.45, 2.75) is 6.42 Å². The molecule has 1 heterocycles. The molecule has 0 aliphatic carbocycles. The molecular weight excluding hydrogens is 230 g/mol. The highest BCUT2D eigenvalue weighted by Crippen LogP contribution is 2.25. The van der Waals surface area contributed by atoms with Crippen LogP contribution in [0.25, 0.3) is 0 Å². The van der Waals surface area contributed by atoms with E-state index in [9.17, 15) is 18.4 Å². The van der Waals surface area contributed by atoms with E-state index in [0.29, 0.717) is 6.07 Å². The molecule has 0 N–H and O–H groups in total. The third kappa shape index (κ3) is 1.87. The number of benzene rings is 1. The molecule has 1 saturated heterocycles. The molecule has 0 radical (unpaired) electrons. The van der Waals surface area contributed by atoms with Crippen LogP contribution in [0.2, 0.25) is 0 Å². The molecule has 1 aliphatic rings. The first-order valence-corrected chi connectivity index (χ1v) is 4.74. The Morgan fingerprint density at radius 3 is 2.47 bits per heavy atom. The van der Waals surface area contributed by atoms with E-state index >= 15 is 0 Å². The van der Waals surface area contributed by atoms with E-state index in [1.54, 1.807) is 0 Å². The van der Waals surface area contributed by atoms with E-state index < -0.39 is 23.1 Å². The zero-order valence-electron chi connectivity index (χ0n) is 8.54. The molecule has 17 heavy (non-hydrogen) atoms. The second-order valence-electron chi connectivity index (χ2n) is 3.59. The Morgan fingerprint density at radius 2 is 1.94 bits per heavy atom. The lowest BCUT2D eigenvalue weighted by atomic mass is 10.2. The van der Waals surface area contributed by atoms with E-state index in [0.717, 1.165) is 11.0 Å². The number of hydrogen-bond acceptors (Lipinski definition) is 3. The van der Waals surface area contributed by atoms with Crippen LogP contribution in [0.5, 0.6) is 0 Å². The predicted octanol–water partition coefficient (Wildman–Crippen LogP) is 1.14. The van der Waals surface area contributed by atoms with Crippen LogP contribution in [0.15, 0.2) is 12.1 Å². The molecule has 0 unspecified atom stereocenters. The molecule has 4 nitrogen and oxygen atoms in total. The van der Waals surface area contributed by atoms with Crippen molar-refractivity contribution in [2.75, 3.05) is 11.4 Å². The molecule has 0 saturated carbocycles. The molecule has 0 atom stereocenters. The van der Waals surface area contributed by atoms with Gasteiger partial charge in [-0.25, -0.2) is 8.78 Å². The van der Waals surface area contributed by atoms with Crippen molar-refractivity contribution in [3.05, 3.63) is 29.3 Å². The summed E-state index contributed by atoms with van der Waals surface area (Å²) in [6.07, 6.45) is -0.305. The fourth-order valence-electron chi connectivity index (χ4n) is 1.63. The maximum absolute atomic E-state index is 13.5. The fourth-order valence-corrected chi connectivity index (χ4v) is 1.63. The molecule has 1 aromatic rings. The normalized spacial score (nSPS) is 15.2. The Morgan fingerprint density at radius 1 is 1.24 bits per heavy atom. The molecule has 0 bridgehead atoms. The molecule has 86 valence electrons. The Labute approximate surface area is 95.1 Å². The number of carbonyl (C=O) groups is 2. The average molecular weight is 236 g/mol. The molecule has 0 spiro atoms. The second kappa shape index (κ2) is 3.94. The molecular formula is C11H6F2N2O2. The van der Waals surface area contributed by atoms with Gasteiger partial charge >= 0.3 is 0 Å². The SMILES string of the molecule is N#Cc1cc(F)c(N2CC(=O)CC2=O)cc1F. The van der Waals surface area contributed by atoms with Gasteiger partial charge in [-0.2, -0.15) is 5.26 Å². The maximum Gasteiger partial charge on any atom is 0.235 e. The van der Waals surface area contributed by atoms with Crippen molar-refractivity contribution in [2.24, 2.45) is 0 Å². The number of rotatable bonds is 1. The third-order valence-corrected chi connectivity index (χ3v) is 2.43. The molecule has 1 aliphatic heterocycles. The zero-order chi connectivity index (χ0) is 12.6. The summed E-state index contributed by atoms with van der Waals surface area (Å²) in [6, 6.07) is 2.95. The fraction of sp³-hybridized carbons (Fsp3) is 0.182. The van der Waals surface area contributed by atoms with Gasteiger partial charge in [-0.1, -0.05) is 0 Å². The lowest BCUT2D eigenvalue weighted by molar-refractivity contribution is -0.121. The highest BCUT2D eigenvalue weighted by molar-refractivity contribution is 6.15. The highest BCUT2D eigenvalue weighted by atomic mass is 19.1. The summed E-state index contributed by atoms with van der Waals surface area (Å²) in [6.45, 7) is -0.263. The van der Waals surface area contributed by atoms with Crippen LogP contribution >= 0.6 is 0 Å². The van der Waals surface area contributed by atoms with Gasteiger partial charge in [0.1, 0.15) is 17.7 Å². The van der Waals surface area contributed by atoms with Crippen LogP contribution in [0, 0.1) is 23.0 Å². The van der Waals surface area contributed by atoms with Crippen LogP contribution in [0.3, 0.4) is 0 Å². The lowest BCUT2D eigenvalue weighted by Crippen LogP contribution is -2.25. The Kier molecular flexibility index (Phi) is 2.60. The van der Waals surface area contributed by atoms with Crippen molar-refractivity contribution in [3.8, 4) is 6.07 Å². The maximum atomic E-state index is 13.5. The zero-order valence-corrected chi connectivity index (χ0v) is 8.54. The molecule has 6 heteroatoms. The standard InChI is InChI=1S/C11H6F2N2O2/c12-8-3-10(9(13)1-6(8)4-14)15-5-7(16)2-11(15)17/h1,3H,2,5H2. The minimum absolute atomic E-state index is 0.263. The lowest BCUT2D eigenvalue weighted by Gasteiger charge is -2.15. The first-order valence-electron chi connectivity index (χ1n) is 4.74. The average Bonchev–Trinajstić information content (AvgIpc) is 2.60. The van der Waals surface area contributed by atoms with Crippen molar-refractivity contribution in [1.29, 1.82) is 5.26 Å². The van der Waals surface area contributed by atoms with Gasteiger partial charge in [0.25, 0.3) is 0 Å². The number of carbonyl (C=O) groups excluding carboxylic acids is 2. The summed E-state index contributed by atoms with van der Waals surface area (Å²) in [5.74, 6) is -2.74. The minimum Gasteiger partial charge on any atom is -0.302 e. The van der Waals surface area contributed by atoms with Crippen molar-refractivity contribution >= 4 is 17.4 Å². The number of hydrogen-bond donors (Lipinski definition) is 0. The quantitative estimate of drug-likeness (QED) is 0.687. The van der Waals surface area contributed by atoms with Gasteiger partial charge in [-0.15, -0.1) is 0 Å². The smallest absolute Gasteiger partial charge is 0.235 e. The van der Waals surface area contributed by atoms with E-state index in [1.165, 1.54) is 6.07 Å². The summed E-state index contributed by atoms with van der Waals surface area (Å²) in [4.78, 5) is 23.3. The minimum atomic E-state index is -0.920.